The fraction of sp³-hybridized carbons (Fsp3) is 0.400. The summed E-state index contributed by atoms with van der Waals surface area (Å²) in [6, 6.07) is 12.9. The molecular weight excluding hydrogens is 382 g/mol. The van der Waals surface area contributed by atoms with Crippen molar-refractivity contribution in [3.8, 4) is 11.5 Å². The van der Waals surface area contributed by atoms with Gasteiger partial charge >= 0.3 is 0 Å². The fourth-order valence-corrected chi connectivity index (χ4v) is 3.22. The molecule has 0 spiro atoms. The molecule has 1 aliphatic rings. The van der Waals surface area contributed by atoms with Gasteiger partial charge < -0.3 is 14.8 Å². The first kappa shape index (κ1) is 21.9. The van der Waals surface area contributed by atoms with Crippen LogP contribution in [-0.4, -0.2) is 42.6 Å². The standard InChI is InChI=1S/C20H25N3O4.ClH/c1-15-12-22(10-9-21-15)13-17-5-8-19(20(11-17)26-2)27-14-16-3-6-18(7-4-16)23(24)25;/h3-8,11,15,21H,9-10,12-14H2,1-2H3;1H/t15-;/m0./s1. The van der Waals surface area contributed by atoms with Crippen LogP contribution < -0.4 is 14.8 Å². The normalized spacial score (nSPS) is 16.9. The van der Waals surface area contributed by atoms with Gasteiger partial charge in [0.1, 0.15) is 6.61 Å². The second kappa shape index (κ2) is 10.3. The summed E-state index contributed by atoms with van der Waals surface area (Å²) >= 11 is 0. The SMILES string of the molecule is COc1cc(CN2CCN[C@@H](C)C2)ccc1OCc1ccc([N+](=O)[O-])cc1.Cl. The van der Waals surface area contributed by atoms with Crippen LogP contribution in [0.2, 0.25) is 0 Å². The lowest BCUT2D eigenvalue weighted by molar-refractivity contribution is -0.384. The van der Waals surface area contributed by atoms with Crippen molar-refractivity contribution in [1.29, 1.82) is 0 Å². The Morgan fingerprint density at radius 1 is 1.18 bits per heavy atom. The highest BCUT2D eigenvalue weighted by Crippen LogP contribution is 2.29. The second-order valence-corrected chi connectivity index (χ2v) is 6.79. The molecule has 0 saturated carbocycles. The fourth-order valence-electron chi connectivity index (χ4n) is 3.22. The molecule has 1 aliphatic heterocycles. The van der Waals surface area contributed by atoms with Gasteiger partial charge in [0.2, 0.25) is 0 Å². The van der Waals surface area contributed by atoms with Crippen LogP contribution in [0.25, 0.3) is 0 Å². The van der Waals surface area contributed by atoms with Crippen molar-refractivity contribution in [2.45, 2.75) is 26.1 Å². The molecule has 3 rings (SSSR count). The molecule has 1 atom stereocenters. The zero-order chi connectivity index (χ0) is 19.2. The number of nitro groups is 1. The molecule has 28 heavy (non-hydrogen) atoms. The van der Waals surface area contributed by atoms with E-state index in [1.54, 1.807) is 19.2 Å². The minimum Gasteiger partial charge on any atom is -0.493 e. The molecule has 2 aromatic carbocycles. The van der Waals surface area contributed by atoms with E-state index in [0.717, 1.165) is 31.7 Å². The topological polar surface area (TPSA) is 76.9 Å². The maximum Gasteiger partial charge on any atom is 0.269 e. The highest BCUT2D eigenvalue weighted by molar-refractivity contribution is 5.85. The number of ether oxygens (including phenoxy) is 2. The lowest BCUT2D eigenvalue weighted by Crippen LogP contribution is -2.48. The van der Waals surface area contributed by atoms with Crippen LogP contribution in [0.4, 0.5) is 5.69 Å². The van der Waals surface area contributed by atoms with Gasteiger partial charge in [-0.3, -0.25) is 15.0 Å². The van der Waals surface area contributed by atoms with Crippen LogP contribution in [0.3, 0.4) is 0 Å². The maximum atomic E-state index is 10.7. The molecule has 0 unspecified atom stereocenters. The minimum absolute atomic E-state index is 0. The summed E-state index contributed by atoms with van der Waals surface area (Å²) in [7, 11) is 1.63. The molecule has 0 aromatic heterocycles. The van der Waals surface area contributed by atoms with Gasteiger partial charge in [-0.2, -0.15) is 0 Å². The molecule has 0 amide bonds. The van der Waals surface area contributed by atoms with E-state index < -0.39 is 4.92 Å². The average molecular weight is 408 g/mol. The van der Waals surface area contributed by atoms with Crippen molar-refractivity contribution in [2.75, 3.05) is 26.7 Å². The Kier molecular flexibility index (Phi) is 8.04. The van der Waals surface area contributed by atoms with Gasteiger partial charge in [0, 0.05) is 44.4 Å². The van der Waals surface area contributed by atoms with Crippen molar-refractivity contribution in [2.24, 2.45) is 0 Å². The van der Waals surface area contributed by atoms with Crippen molar-refractivity contribution in [1.82, 2.24) is 10.2 Å². The zero-order valence-electron chi connectivity index (χ0n) is 16.1. The molecule has 1 heterocycles. The van der Waals surface area contributed by atoms with E-state index >= 15 is 0 Å². The molecule has 8 heteroatoms. The molecule has 0 bridgehead atoms. The van der Waals surface area contributed by atoms with Gasteiger partial charge in [-0.1, -0.05) is 6.07 Å². The van der Waals surface area contributed by atoms with Crippen LogP contribution in [0, 0.1) is 10.1 Å². The number of hydrogen-bond acceptors (Lipinski definition) is 6. The van der Waals surface area contributed by atoms with E-state index in [-0.39, 0.29) is 18.1 Å². The number of nitrogens with zero attached hydrogens (tertiary/aromatic N) is 2. The molecule has 0 aliphatic carbocycles. The van der Waals surface area contributed by atoms with Crippen molar-refractivity contribution >= 4 is 18.1 Å². The third-order valence-corrected chi connectivity index (χ3v) is 4.63. The van der Waals surface area contributed by atoms with Gasteiger partial charge in [-0.15, -0.1) is 12.4 Å². The summed E-state index contributed by atoms with van der Waals surface area (Å²) in [6.45, 7) is 6.47. The lowest BCUT2D eigenvalue weighted by Gasteiger charge is -2.31. The summed E-state index contributed by atoms with van der Waals surface area (Å²) in [6.07, 6.45) is 0. The second-order valence-electron chi connectivity index (χ2n) is 6.79. The smallest absolute Gasteiger partial charge is 0.269 e. The first-order valence-electron chi connectivity index (χ1n) is 9.04. The lowest BCUT2D eigenvalue weighted by atomic mass is 10.1. The summed E-state index contributed by atoms with van der Waals surface area (Å²) in [4.78, 5) is 12.7. The number of methoxy groups -OCH3 is 1. The van der Waals surface area contributed by atoms with Crippen LogP contribution in [0.1, 0.15) is 18.1 Å². The van der Waals surface area contributed by atoms with E-state index in [0.29, 0.717) is 24.1 Å². The van der Waals surface area contributed by atoms with Crippen molar-refractivity contribution < 1.29 is 14.4 Å². The average Bonchev–Trinajstić information content (AvgIpc) is 2.67. The number of nitrogens with one attached hydrogen (secondary N) is 1. The van der Waals surface area contributed by atoms with Gasteiger partial charge in [0.05, 0.1) is 12.0 Å². The summed E-state index contributed by atoms with van der Waals surface area (Å²) in [5.74, 6) is 1.35. The number of benzene rings is 2. The predicted octanol–water partition coefficient (Wildman–Crippen LogP) is 3.40. The van der Waals surface area contributed by atoms with Crippen LogP contribution in [0.15, 0.2) is 42.5 Å². The Bertz CT molecular complexity index is 786. The van der Waals surface area contributed by atoms with Gasteiger partial charge in [-0.25, -0.2) is 0 Å². The number of nitro benzene ring substituents is 1. The number of non-ortho nitro benzene ring substituents is 1. The zero-order valence-corrected chi connectivity index (χ0v) is 16.9. The van der Waals surface area contributed by atoms with E-state index in [4.69, 9.17) is 9.47 Å². The number of piperazine rings is 1. The Morgan fingerprint density at radius 2 is 1.89 bits per heavy atom. The van der Waals surface area contributed by atoms with E-state index in [1.165, 1.54) is 17.7 Å². The summed E-state index contributed by atoms with van der Waals surface area (Å²) in [5.41, 5.74) is 2.12. The highest BCUT2D eigenvalue weighted by atomic mass is 35.5. The number of hydrogen-bond donors (Lipinski definition) is 1. The van der Waals surface area contributed by atoms with E-state index in [2.05, 4.69) is 23.2 Å². The predicted molar refractivity (Wildman–Crippen MR) is 110 cm³/mol. The Balaban J connectivity index is 0.00000280. The molecule has 152 valence electrons. The number of halogens is 1. The van der Waals surface area contributed by atoms with Crippen molar-refractivity contribution in [3.05, 3.63) is 63.7 Å². The molecule has 1 saturated heterocycles. The molecule has 7 nitrogen and oxygen atoms in total. The first-order chi connectivity index (χ1) is 13.0. The summed E-state index contributed by atoms with van der Waals surface area (Å²) in [5, 5.41) is 14.2. The largest absolute Gasteiger partial charge is 0.493 e. The van der Waals surface area contributed by atoms with Gasteiger partial charge in [-0.05, 0) is 42.3 Å². The van der Waals surface area contributed by atoms with Crippen molar-refractivity contribution in [3.63, 3.8) is 0 Å². The number of rotatable bonds is 7. The van der Waals surface area contributed by atoms with Crippen LogP contribution in [-0.2, 0) is 13.2 Å². The van der Waals surface area contributed by atoms with E-state index in [9.17, 15) is 10.1 Å². The molecule has 0 radical (unpaired) electrons. The third kappa shape index (κ3) is 5.82. The third-order valence-electron chi connectivity index (χ3n) is 4.63. The molecule has 1 N–H and O–H groups in total. The Hall–Kier alpha value is -2.35. The molecular formula is C20H26ClN3O4. The quantitative estimate of drug-likeness (QED) is 0.560. The Morgan fingerprint density at radius 3 is 2.54 bits per heavy atom. The van der Waals surface area contributed by atoms with Crippen LogP contribution >= 0.6 is 12.4 Å². The molecule has 2 aromatic rings. The Labute approximate surface area is 171 Å². The monoisotopic (exact) mass is 407 g/mol. The summed E-state index contributed by atoms with van der Waals surface area (Å²) < 4.78 is 11.3. The maximum absolute atomic E-state index is 10.7. The molecule has 1 fully saturated rings. The van der Waals surface area contributed by atoms with Gasteiger partial charge in [0.25, 0.3) is 5.69 Å². The van der Waals surface area contributed by atoms with E-state index in [1.807, 2.05) is 12.1 Å². The van der Waals surface area contributed by atoms with Crippen LogP contribution in [0.5, 0.6) is 11.5 Å². The first-order valence-corrected chi connectivity index (χ1v) is 9.04. The highest BCUT2D eigenvalue weighted by Gasteiger charge is 2.16. The minimum atomic E-state index is -0.411. The van der Waals surface area contributed by atoms with Gasteiger partial charge in [0.15, 0.2) is 11.5 Å².